The SMILES string of the molecule is CCCCCCCCCCCCCCCC(=O)C12CC3CC(CC(C3)C1)C2. The van der Waals surface area contributed by atoms with Crippen molar-refractivity contribution in [3.05, 3.63) is 0 Å². The summed E-state index contributed by atoms with van der Waals surface area (Å²) < 4.78 is 0. The molecular formula is C26H46O. The minimum Gasteiger partial charge on any atom is -0.299 e. The van der Waals surface area contributed by atoms with Crippen molar-refractivity contribution >= 4 is 5.78 Å². The van der Waals surface area contributed by atoms with Crippen LogP contribution in [0.4, 0.5) is 0 Å². The normalized spacial score (nSPS) is 31.5. The van der Waals surface area contributed by atoms with Crippen LogP contribution in [0, 0.1) is 23.2 Å². The maximum atomic E-state index is 13.0. The van der Waals surface area contributed by atoms with Gasteiger partial charge in [-0.3, -0.25) is 4.79 Å². The first kappa shape index (κ1) is 21.4. The molecule has 0 heterocycles. The molecule has 4 fully saturated rings. The van der Waals surface area contributed by atoms with Gasteiger partial charge in [0.25, 0.3) is 0 Å². The molecular weight excluding hydrogens is 328 g/mol. The van der Waals surface area contributed by atoms with E-state index in [2.05, 4.69) is 6.92 Å². The molecule has 1 nitrogen and oxygen atoms in total. The van der Waals surface area contributed by atoms with Crippen molar-refractivity contribution in [3.8, 4) is 0 Å². The van der Waals surface area contributed by atoms with E-state index >= 15 is 0 Å². The van der Waals surface area contributed by atoms with Gasteiger partial charge in [-0.1, -0.05) is 84.0 Å². The smallest absolute Gasteiger partial charge is 0.139 e. The Morgan fingerprint density at radius 1 is 0.630 bits per heavy atom. The molecule has 4 rings (SSSR count). The Morgan fingerprint density at radius 3 is 1.41 bits per heavy atom. The predicted octanol–water partition coefficient (Wildman–Crippen LogP) is 8.25. The van der Waals surface area contributed by atoms with Gasteiger partial charge in [0.1, 0.15) is 5.78 Å². The van der Waals surface area contributed by atoms with Gasteiger partial charge in [-0.2, -0.15) is 0 Å². The molecule has 1 heteroatoms. The van der Waals surface area contributed by atoms with Gasteiger partial charge < -0.3 is 0 Å². The molecule has 4 aliphatic carbocycles. The number of carbonyl (C=O) groups is 1. The first-order chi connectivity index (χ1) is 13.2. The number of hydrogen-bond donors (Lipinski definition) is 0. The van der Waals surface area contributed by atoms with E-state index in [1.807, 2.05) is 0 Å². The standard InChI is InChI=1S/C26H46O/c1-2-3-4-5-6-7-8-9-10-11-12-13-14-15-25(27)26-19-22-16-23(20-26)18-24(17-22)21-26/h22-24H,2-21H2,1H3. The molecule has 4 bridgehead atoms. The molecule has 4 aliphatic rings. The monoisotopic (exact) mass is 374 g/mol. The number of rotatable bonds is 15. The van der Waals surface area contributed by atoms with Crippen LogP contribution in [0.15, 0.2) is 0 Å². The zero-order valence-electron chi connectivity index (χ0n) is 18.3. The second kappa shape index (κ2) is 11.0. The van der Waals surface area contributed by atoms with Crippen molar-refractivity contribution in [1.29, 1.82) is 0 Å². The van der Waals surface area contributed by atoms with Gasteiger partial charge in [-0.25, -0.2) is 0 Å². The first-order valence-electron chi connectivity index (χ1n) is 12.7. The van der Waals surface area contributed by atoms with E-state index < -0.39 is 0 Å². The lowest BCUT2D eigenvalue weighted by Crippen LogP contribution is -2.49. The topological polar surface area (TPSA) is 17.1 Å². The van der Waals surface area contributed by atoms with Crippen molar-refractivity contribution in [2.24, 2.45) is 23.2 Å². The highest BCUT2D eigenvalue weighted by atomic mass is 16.1. The van der Waals surface area contributed by atoms with Crippen LogP contribution >= 0.6 is 0 Å². The quantitative estimate of drug-likeness (QED) is 0.264. The summed E-state index contributed by atoms with van der Waals surface area (Å²) in [5.74, 6) is 3.40. The van der Waals surface area contributed by atoms with E-state index in [0.29, 0.717) is 5.78 Å². The van der Waals surface area contributed by atoms with E-state index in [9.17, 15) is 4.79 Å². The number of Topliss-reactive ketones (excluding diaryl/α,β-unsaturated/α-hetero) is 1. The number of ketones is 1. The van der Waals surface area contributed by atoms with Gasteiger partial charge in [0, 0.05) is 11.8 Å². The minimum atomic E-state index is 0.159. The first-order valence-corrected chi connectivity index (χ1v) is 12.7. The summed E-state index contributed by atoms with van der Waals surface area (Å²) in [5.41, 5.74) is 0.159. The van der Waals surface area contributed by atoms with Crippen LogP contribution in [-0.4, -0.2) is 5.78 Å². The van der Waals surface area contributed by atoms with Crippen LogP contribution in [0.1, 0.15) is 135 Å². The zero-order valence-corrected chi connectivity index (χ0v) is 18.3. The largest absolute Gasteiger partial charge is 0.299 e. The van der Waals surface area contributed by atoms with E-state index in [4.69, 9.17) is 0 Å². The average molecular weight is 375 g/mol. The highest BCUT2D eigenvalue weighted by molar-refractivity contribution is 5.85. The van der Waals surface area contributed by atoms with Gasteiger partial charge in [0.2, 0.25) is 0 Å². The summed E-state index contributed by atoms with van der Waals surface area (Å²) in [6.07, 6.45) is 27.1. The highest BCUT2D eigenvalue weighted by Crippen LogP contribution is 2.60. The lowest BCUT2D eigenvalue weighted by atomic mass is 9.48. The molecule has 0 aromatic heterocycles. The van der Waals surface area contributed by atoms with Gasteiger partial charge >= 0.3 is 0 Å². The van der Waals surface area contributed by atoms with Crippen molar-refractivity contribution in [1.82, 2.24) is 0 Å². The maximum absolute atomic E-state index is 13.0. The molecule has 0 aliphatic heterocycles. The Balaban J connectivity index is 1.16. The molecule has 4 saturated carbocycles. The predicted molar refractivity (Wildman–Crippen MR) is 116 cm³/mol. The fraction of sp³-hybridized carbons (Fsp3) is 0.962. The minimum absolute atomic E-state index is 0.159. The molecule has 156 valence electrons. The van der Waals surface area contributed by atoms with Crippen LogP contribution in [0.5, 0.6) is 0 Å². The molecule has 27 heavy (non-hydrogen) atoms. The van der Waals surface area contributed by atoms with Crippen LogP contribution < -0.4 is 0 Å². The van der Waals surface area contributed by atoms with Crippen molar-refractivity contribution in [3.63, 3.8) is 0 Å². The molecule has 0 N–H and O–H groups in total. The van der Waals surface area contributed by atoms with E-state index in [1.54, 1.807) is 0 Å². The highest BCUT2D eigenvalue weighted by Gasteiger charge is 2.53. The summed E-state index contributed by atoms with van der Waals surface area (Å²) in [6, 6.07) is 0. The van der Waals surface area contributed by atoms with Crippen LogP contribution in [-0.2, 0) is 4.79 Å². The van der Waals surface area contributed by atoms with Gasteiger partial charge in [0.05, 0.1) is 0 Å². The number of unbranched alkanes of at least 4 members (excludes halogenated alkanes) is 12. The maximum Gasteiger partial charge on any atom is 0.139 e. The molecule has 0 atom stereocenters. The third-order valence-corrected chi connectivity index (χ3v) is 8.14. The van der Waals surface area contributed by atoms with Crippen molar-refractivity contribution < 1.29 is 4.79 Å². The molecule has 0 unspecified atom stereocenters. The molecule has 0 radical (unpaired) electrons. The number of carbonyl (C=O) groups excluding carboxylic acids is 1. The summed E-state index contributed by atoms with van der Waals surface area (Å²) >= 11 is 0. The summed E-state index contributed by atoms with van der Waals surface area (Å²) in [4.78, 5) is 13.0. The lowest BCUT2D eigenvalue weighted by molar-refractivity contribution is -0.144. The van der Waals surface area contributed by atoms with Crippen LogP contribution in [0.2, 0.25) is 0 Å². The molecule has 0 saturated heterocycles. The van der Waals surface area contributed by atoms with Gasteiger partial charge in [0.15, 0.2) is 0 Å². The summed E-state index contributed by atoms with van der Waals surface area (Å²) in [6.45, 7) is 2.29. The Bertz CT molecular complexity index is 402. The molecule has 0 aromatic rings. The van der Waals surface area contributed by atoms with E-state index in [1.165, 1.54) is 116 Å². The zero-order chi connectivity index (χ0) is 19.0. The van der Waals surface area contributed by atoms with Crippen LogP contribution in [0.25, 0.3) is 0 Å². The Kier molecular flexibility index (Phi) is 8.72. The fourth-order valence-corrected chi connectivity index (χ4v) is 7.02. The second-order valence-electron chi connectivity index (χ2n) is 10.6. The summed E-state index contributed by atoms with van der Waals surface area (Å²) in [5, 5.41) is 0. The molecule has 0 spiro atoms. The molecule has 0 aromatic carbocycles. The Labute approximate surface area is 169 Å². The van der Waals surface area contributed by atoms with Crippen molar-refractivity contribution in [2.45, 2.75) is 135 Å². The summed E-state index contributed by atoms with van der Waals surface area (Å²) in [7, 11) is 0. The third kappa shape index (κ3) is 6.33. The van der Waals surface area contributed by atoms with Gasteiger partial charge in [-0.05, 0) is 62.7 Å². The van der Waals surface area contributed by atoms with E-state index in [-0.39, 0.29) is 5.41 Å². The number of hydrogen-bond acceptors (Lipinski definition) is 1. The van der Waals surface area contributed by atoms with Gasteiger partial charge in [-0.15, -0.1) is 0 Å². The second-order valence-corrected chi connectivity index (χ2v) is 10.6. The van der Waals surface area contributed by atoms with Crippen molar-refractivity contribution in [2.75, 3.05) is 0 Å². The van der Waals surface area contributed by atoms with E-state index in [0.717, 1.165) is 30.6 Å². The fourth-order valence-electron chi connectivity index (χ4n) is 7.02. The van der Waals surface area contributed by atoms with Crippen LogP contribution in [0.3, 0.4) is 0 Å². The Hall–Kier alpha value is -0.330. The Morgan fingerprint density at radius 2 is 1.00 bits per heavy atom. The average Bonchev–Trinajstić information content (AvgIpc) is 2.64. The third-order valence-electron chi connectivity index (χ3n) is 8.14. The molecule has 0 amide bonds. The lowest BCUT2D eigenvalue weighted by Gasteiger charge is -2.56.